The van der Waals surface area contributed by atoms with Crippen molar-refractivity contribution in [2.45, 2.75) is 91.8 Å². The molecular formula is C55H55N3O12S. The highest BCUT2D eigenvalue weighted by Crippen LogP contribution is 2.41. The summed E-state index contributed by atoms with van der Waals surface area (Å²) < 4.78 is 64.4. The van der Waals surface area contributed by atoms with E-state index in [4.69, 9.17) is 47.4 Å². The first-order chi connectivity index (χ1) is 34.9. The van der Waals surface area contributed by atoms with Crippen LogP contribution in [0.3, 0.4) is 0 Å². The van der Waals surface area contributed by atoms with Gasteiger partial charge in [-0.2, -0.15) is 0 Å². The minimum atomic E-state index is -1.50. The van der Waals surface area contributed by atoms with Crippen molar-refractivity contribution in [3.05, 3.63) is 214 Å². The van der Waals surface area contributed by atoms with E-state index in [0.717, 1.165) is 27.1 Å². The average Bonchev–Trinajstić information content (AvgIpc) is 3.42. The predicted octanol–water partition coefficient (Wildman–Crippen LogP) is 9.67. The second-order valence-corrected chi connectivity index (χ2v) is 17.8. The van der Waals surface area contributed by atoms with Gasteiger partial charge in [0.05, 0.1) is 52.8 Å². The molecule has 0 spiro atoms. The molecule has 0 aromatic heterocycles. The quantitative estimate of drug-likeness (QED) is 0.0272. The van der Waals surface area contributed by atoms with Gasteiger partial charge < -0.3 is 47.4 Å². The number of azide groups is 1. The van der Waals surface area contributed by atoms with E-state index in [9.17, 15) is 15.1 Å². The third-order valence-electron chi connectivity index (χ3n) is 11.8. The van der Waals surface area contributed by atoms with Crippen molar-refractivity contribution < 1.29 is 57.0 Å². The Morgan fingerprint density at radius 3 is 1.68 bits per heavy atom. The Morgan fingerprint density at radius 2 is 1.11 bits per heavy atom. The van der Waals surface area contributed by atoms with Crippen molar-refractivity contribution in [2.75, 3.05) is 20.8 Å². The zero-order chi connectivity index (χ0) is 49.2. The van der Waals surface area contributed by atoms with E-state index in [2.05, 4.69) is 10.0 Å². The van der Waals surface area contributed by atoms with E-state index in [1.54, 1.807) is 37.4 Å². The van der Waals surface area contributed by atoms with Gasteiger partial charge in [-0.25, -0.2) is 9.59 Å². The minimum Gasteiger partial charge on any atom is -0.497 e. The summed E-state index contributed by atoms with van der Waals surface area (Å²) in [6, 6.07) is 52.7. The molecule has 0 bridgehead atoms. The highest BCUT2D eigenvalue weighted by Gasteiger charge is 2.56. The van der Waals surface area contributed by atoms with Gasteiger partial charge in [0.1, 0.15) is 47.7 Å². The van der Waals surface area contributed by atoms with Crippen LogP contribution in [0.2, 0.25) is 0 Å². The molecule has 2 aliphatic heterocycles. The topological polar surface area (TPSA) is 175 Å². The first-order valence-electron chi connectivity index (χ1n) is 23.1. The van der Waals surface area contributed by atoms with Gasteiger partial charge in [-0.1, -0.05) is 156 Å². The van der Waals surface area contributed by atoms with Gasteiger partial charge in [-0.05, 0) is 64.2 Å². The Morgan fingerprint density at radius 1 is 0.592 bits per heavy atom. The van der Waals surface area contributed by atoms with Crippen LogP contribution in [0.15, 0.2) is 186 Å². The van der Waals surface area contributed by atoms with E-state index in [0.29, 0.717) is 5.75 Å². The summed E-state index contributed by atoms with van der Waals surface area (Å²) in [4.78, 5) is 32.4. The molecule has 6 aromatic carbocycles. The third kappa shape index (κ3) is 13.9. The number of ether oxygens (including phenoxy) is 10. The maximum atomic E-state index is 14.2. The highest BCUT2D eigenvalue weighted by molar-refractivity contribution is 7.99. The molecule has 2 fully saturated rings. The number of carbonyl (C=O) groups excluding carboxylic acids is 2. The number of nitrogens with zero attached hydrogens (tertiary/aromatic N) is 3. The van der Waals surface area contributed by atoms with Gasteiger partial charge in [-0.3, -0.25) is 0 Å². The lowest BCUT2D eigenvalue weighted by atomic mass is 9.95. The van der Waals surface area contributed by atoms with Crippen LogP contribution < -0.4 is 4.74 Å². The van der Waals surface area contributed by atoms with Crippen LogP contribution in [0.5, 0.6) is 5.75 Å². The fourth-order valence-electron chi connectivity index (χ4n) is 8.26. The summed E-state index contributed by atoms with van der Waals surface area (Å²) in [5.74, 6) is -0.782. The molecular weight excluding hydrogens is 927 g/mol. The largest absolute Gasteiger partial charge is 0.497 e. The predicted molar refractivity (Wildman–Crippen MR) is 263 cm³/mol. The summed E-state index contributed by atoms with van der Waals surface area (Å²) in [7, 11) is 2.83. The summed E-state index contributed by atoms with van der Waals surface area (Å²) in [5.41, 5.74) is 12.9. The summed E-state index contributed by atoms with van der Waals surface area (Å²) in [5, 5.41) is 4.28. The Kier molecular flexibility index (Phi) is 18.6. The van der Waals surface area contributed by atoms with Crippen molar-refractivity contribution in [1.82, 2.24) is 0 Å². The monoisotopic (exact) mass is 981 g/mol. The van der Waals surface area contributed by atoms with Gasteiger partial charge in [0, 0.05) is 9.81 Å². The Labute approximate surface area is 416 Å². The molecule has 8 rings (SSSR count). The lowest BCUT2D eigenvalue weighted by Gasteiger charge is -2.49. The van der Waals surface area contributed by atoms with Crippen LogP contribution in [-0.4, -0.2) is 93.3 Å². The van der Waals surface area contributed by atoms with Crippen LogP contribution in [0.1, 0.15) is 32.6 Å². The van der Waals surface area contributed by atoms with E-state index in [1.807, 2.05) is 146 Å². The normalized spacial score (nSPS) is 24.0. The Bertz CT molecular complexity index is 2600. The average molecular weight is 982 g/mol. The second-order valence-electron chi connectivity index (χ2n) is 16.6. The molecule has 0 aliphatic carbocycles. The van der Waals surface area contributed by atoms with Crippen molar-refractivity contribution >= 4 is 23.7 Å². The number of thioether (sulfide) groups is 1. The van der Waals surface area contributed by atoms with Crippen molar-refractivity contribution in [1.29, 1.82) is 0 Å². The minimum absolute atomic E-state index is 0.00666. The number of rotatable bonds is 22. The number of hydrogen-bond acceptors (Lipinski definition) is 14. The van der Waals surface area contributed by atoms with Crippen LogP contribution in [-0.2, 0) is 73.9 Å². The molecule has 0 radical (unpaired) electrons. The fraction of sp³-hybridized carbons (Fsp3) is 0.309. The summed E-state index contributed by atoms with van der Waals surface area (Å²) in [6.45, 7) is 0.410. The van der Waals surface area contributed by atoms with E-state index >= 15 is 0 Å². The Hall–Kier alpha value is -6.56. The van der Waals surface area contributed by atoms with Crippen LogP contribution in [0.4, 0.5) is 0 Å². The Balaban J connectivity index is 1.20. The molecule has 0 N–H and O–H groups in total. The highest BCUT2D eigenvalue weighted by atomic mass is 32.2. The number of hydrogen-bond donors (Lipinski definition) is 0. The van der Waals surface area contributed by atoms with Crippen LogP contribution in [0.25, 0.3) is 10.4 Å². The molecule has 71 heavy (non-hydrogen) atoms. The van der Waals surface area contributed by atoms with E-state index in [1.165, 1.54) is 18.9 Å². The standard InChI is InChI=1S/C55H55N3O12S/c1-61-42-30-28-40(29-31-42)35-64-46-44(36-63-32-37-18-8-3-9-19-37)67-54(45(57-58-56)47(46)65-33-38-20-10-4-11-21-38)69-49-48(66-34-39-22-12-5-13-23-39)51(68-52(59)41-24-14-6-15-25-41)55(70-50(49)53(60)62-2)71-43-26-16-7-17-27-43/h3-31,44-51,54-55H,32-36H2,1-2H3/t44-,45-,46-,47-,48+,49+,50-,51-,54-,55-/m1/s1. The zero-order valence-corrected chi connectivity index (χ0v) is 40.0. The summed E-state index contributed by atoms with van der Waals surface area (Å²) >= 11 is 1.24. The molecule has 10 atom stereocenters. The van der Waals surface area contributed by atoms with Crippen molar-refractivity contribution in [3.8, 4) is 5.75 Å². The second kappa shape index (κ2) is 26.1. The van der Waals surface area contributed by atoms with Gasteiger partial charge in [0.15, 0.2) is 18.5 Å². The first kappa shape index (κ1) is 50.8. The van der Waals surface area contributed by atoms with Gasteiger partial charge in [-0.15, -0.1) is 0 Å². The SMILES string of the molecule is COC(=O)[C@@H]1O[C@H](Sc2ccccc2)[C@H](OC(=O)c2ccccc2)[C@@H](OCc2ccccc2)[C@@H]1O[C@H]1O[C@H](COCc2ccccc2)[C@@H](OCc2ccc(OC)cc2)[C@H](OCc2ccccc2)[C@H]1N=[N+]=[N-]. The molecule has 2 saturated heterocycles. The van der Waals surface area contributed by atoms with E-state index < -0.39 is 72.4 Å². The molecule has 16 heteroatoms. The zero-order valence-electron chi connectivity index (χ0n) is 39.2. The molecule has 6 aromatic rings. The molecule has 2 aliphatic rings. The fourth-order valence-corrected chi connectivity index (χ4v) is 9.36. The third-order valence-corrected chi connectivity index (χ3v) is 13.0. The van der Waals surface area contributed by atoms with Crippen LogP contribution in [0, 0.1) is 0 Å². The van der Waals surface area contributed by atoms with Crippen molar-refractivity contribution in [3.63, 3.8) is 0 Å². The maximum Gasteiger partial charge on any atom is 0.338 e. The van der Waals surface area contributed by atoms with E-state index in [-0.39, 0.29) is 38.6 Å². The van der Waals surface area contributed by atoms with Crippen molar-refractivity contribution in [2.24, 2.45) is 5.11 Å². The molecule has 0 unspecified atom stereocenters. The molecule has 0 saturated carbocycles. The number of carbonyl (C=O) groups is 2. The molecule has 368 valence electrons. The lowest BCUT2D eigenvalue weighted by molar-refractivity contribution is -0.325. The van der Waals surface area contributed by atoms with Gasteiger partial charge in [0.2, 0.25) is 0 Å². The van der Waals surface area contributed by atoms with Gasteiger partial charge in [0.25, 0.3) is 0 Å². The smallest absolute Gasteiger partial charge is 0.338 e. The van der Waals surface area contributed by atoms with Crippen LogP contribution >= 0.6 is 11.8 Å². The number of esters is 2. The summed E-state index contributed by atoms with van der Waals surface area (Å²) in [6.07, 6.45) is -9.72. The number of methoxy groups -OCH3 is 2. The molecule has 2 heterocycles. The first-order valence-corrected chi connectivity index (χ1v) is 24.0. The van der Waals surface area contributed by atoms with Gasteiger partial charge >= 0.3 is 11.9 Å². The molecule has 0 amide bonds. The lowest BCUT2D eigenvalue weighted by Crippen LogP contribution is -2.66. The maximum absolute atomic E-state index is 14.2. The number of benzene rings is 6. The molecule has 15 nitrogen and oxygen atoms in total.